The van der Waals surface area contributed by atoms with Crippen LogP contribution in [0.1, 0.15) is 38.5 Å². The molecule has 0 bridgehead atoms. The molecule has 0 fully saturated rings. The van der Waals surface area contributed by atoms with Crippen molar-refractivity contribution in [1.29, 1.82) is 0 Å². The molecule has 1 amide bonds. The van der Waals surface area contributed by atoms with E-state index in [9.17, 15) is 18.4 Å². The van der Waals surface area contributed by atoms with Crippen molar-refractivity contribution in [2.45, 2.75) is 13.3 Å². The monoisotopic (exact) mass is 435 g/mol. The van der Waals surface area contributed by atoms with Crippen LogP contribution in [0, 0.1) is 6.92 Å². The highest BCUT2D eigenvalue weighted by Crippen LogP contribution is 2.23. The number of amides is 1. The molecule has 32 heavy (non-hydrogen) atoms. The van der Waals surface area contributed by atoms with Crippen molar-refractivity contribution in [3.8, 4) is 5.75 Å². The Hall–Kier alpha value is -4.07. The normalized spacial score (nSPS) is 11.0. The number of carbonyl (C=O) groups is 2. The number of nitrogens with one attached hydrogen (secondary N) is 1. The van der Waals surface area contributed by atoms with Crippen LogP contribution < -0.4 is 9.64 Å². The maximum atomic E-state index is 12.8. The summed E-state index contributed by atoms with van der Waals surface area (Å²) in [6, 6.07) is 18.1. The van der Waals surface area contributed by atoms with Crippen LogP contribution in [-0.2, 0) is 0 Å². The minimum atomic E-state index is -2.73. The van der Waals surface area contributed by atoms with E-state index in [1.165, 1.54) is 23.1 Å². The summed E-state index contributed by atoms with van der Waals surface area (Å²) in [6.45, 7) is 1.95. The molecule has 0 aliphatic heterocycles. The van der Waals surface area contributed by atoms with E-state index < -0.39 is 18.2 Å². The molecule has 0 saturated heterocycles. The van der Waals surface area contributed by atoms with Crippen LogP contribution in [0.4, 0.5) is 14.5 Å². The number of benzene rings is 3. The molecule has 4 aromatic rings. The highest BCUT2D eigenvalue weighted by Gasteiger charge is 2.16. The number of anilines is 1. The molecule has 0 radical (unpaired) electrons. The molecule has 8 heteroatoms. The van der Waals surface area contributed by atoms with Gasteiger partial charge in [-0.25, -0.2) is 18.6 Å². The minimum Gasteiger partial charge on any atom is -0.423 e. The molecule has 0 aliphatic carbocycles. The number of H-pyrrole nitrogens is 1. The summed E-state index contributed by atoms with van der Waals surface area (Å²) in [4.78, 5) is 32.9. The number of nitrogens with zero attached hydrogens (tertiary/aromatic N) is 2. The van der Waals surface area contributed by atoms with Gasteiger partial charge in [0.15, 0.2) is 5.82 Å². The van der Waals surface area contributed by atoms with Crippen molar-refractivity contribution in [2.75, 3.05) is 11.9 Å². The quantitative estimate of drug-likeness (QED) is 0.341. The number of alkyl halides is 2. The Balaban J connectivity index is 1.46. The van der Waals surface area contributed by atoms with E-state index in [-0.39, 0.29) is 17.2 Å². The molecule has 6 nitrogen and oxygen atoms in total. The zero-order valence-electron chi connectivity index (χ0n) is 17.3. The number of halogens is 2. The third kappa shape index (κ3) is 4.34. The Morgan fingerprint density at radius 2 is 1.62 bits per heavy atom. The summed E-state index contributed by atoms with van der Waals surface area (Å²) < 4.78 is 31.0. The van der Waals surface area contributed by atoms with Crippen molar-refractivity contribution in [1.82, 2.24) is 9.97 Å². The van der Waals surface area contributed by atoms with E-state index >= 15 is 0 Å². The summed E-state index contributed by atoms with van der Waals surface area (Å²) in [5, 5.41) is 0. The van der Waals surface area contributed by atoms with E-state index in [4.69, 9.17) is 4.74 Å². The summed E-state index contributed by atoms with van der Waals surface area (Å²) in [7, 11) is 1.66. The fourth-order valence-electron chi connectivity index (χ4n) is 3.17. The van der Waals surface area contributed by atoms with Gasteiger partial charge in [-0.05, 0) is 61.5 Å². The second-order valence-electron chi connectivity index (χ2n) is 7.27. The van der Waals surface area contributed by atoms with E-state index in [2.05, 4.69) is 9.97 Å². The number of aromatic nitrogens is 2. The molecule has 0 spiro atoms. The molecule has 0 unspecified atom stereocenters. The molecule has 162 valence electrons. The minimum absolute atomic E-state index is 0.161. The van der Waals surface area contributed by atoms with Crippen molar-refractivity contribution in [3.63, 3.8) is 0 Å². The number of ether oxygens (including phenoxy) is 1. The Morgan fingerprint density at radius 1 is 0.969 bits per heavy atom. The van der Waals surface area contributed by atoms with Crippen LogP contribution in [0.5, 0.6) is 5.75 Å². The number of imidazole rings is 1. The maximum Gasteiger partial charge on any atom is 0.343 e. The number of rotatable bonds is 5. The molecule has 3 aromatic carbocycles. The highest BCUT2D eigenvalue weighted by molar-refractivity contribution is 6.05. The number of fused-ring (bicyclic) bond motifs is 1. The molecule has 4 rings (SSSR count). The van der Waals surface area contributed by atoms with Gasteiger partial charge in [-0.2, -0.15) is 0 Å². The van der Waals surface area contributed by atoms with Gasteiger partial charge in [-0.3, -0.25) is 4.79 Å². The Labute approximate surface area is 182 Å². The second kappa shape index (κ2) is 8.58. The summed E-state index contributed by atoms with van der Waals surface area (Å²) in [5.41, 5.74) is 3.12. The van der Waals surface area contributed by atoms with Crippen LogP contribution in [0.2, 0.25) is 0 Å². The molecule has 0 saturated carbocycles. The first-order valence-electron chi connectivity index (χ1n) is 9.76. The lowest BCUT2D eigenvalue weighted by atomic mass is 10.1. The van der Waals surface area contributed by atoms with Crippen LogP contribution in [-0.4, -0.2) is 28.9 Å². The Bertz CT molecular complexity index is 1280. The Kier molecular flexibility index (Phi) is 5.68. The number of hydrogen-bond donors (Lipinski definition) is 1. The van der Waals surface area contributed by atoms with Gasteiger partial charge in [0.25, 0.3) is 12.3 Å². The van der Waals surface area contributed by atoms with Crippen LogP contribution in [0.15, 0.2) is 66.7 Å². The maximum absolute atomic E-state index is 12.8. The fourth-order valence-corrected chi connectivity index (χ4v) is 3.17. The Morgan fingerprint density at radius 3 is 2.28 bits per heavy atom. The summed E-state index contributed by atoms with van der Waals surface area (Å²) in [6.07, 6.45) is -2.73. The SMILES string of the molecule is Cc1ccc(C(=O)N(C)c2ccc(OC(=O)c3ccc4nc(C(F)F)[nH]c4c3)cc2)cc1. The van der Waals surface area contributed by atoms with E-state index in [0.29, 0.717) is 22.3 Å². The average Bonchev–Trinajstić information content (AvgIpc) is 3.23. The lowest BCUT2D eigenvalue weighted by Gasteiger charge is -2.18. The first-order chi connectivity index (χ1) is 15.3. The number of carbonyl (C=O) groups excluding carboxylic acids is 2. The molecule has 1 N–H and O–H groups in total. The van der Waals surface area contributed by atoms with Crippen molar-refractivity contribution >= 4 is 28.6 Å². The largest absolute Gasteiger partial charge is 0.423 e. The number of esters is 1. The lowest BCUT2D eigenvalue weighted by Crippen LogP contribution is -2.26. The van der Waals surface area contributed by atoms with Gasteiger partial charge in [0.2, 0.25) is 0 Å². The zero-order chi connectivity index (χ0) is 22.8. The smallest absolute Gasteiger partial charge is 0.343 e. The molecule has 1 heterocycles. The lowest BCUT2D eigenvalue weighted by molar-refractivity contribution is 0.0734. The standard InChI is InChI=1S/C24H19F2N3O3/c1-14-3-5-15(6-4-14)23(30)29(2)17-8-10-18(11-9-17)32-24(31)16-7-12-19-20(13-16)28-22(27-19)21(25)26/h3-13,21H,1-2H3,(H,27,28). The predicted molar refractivity (Wildman–Crippen MR) is 116 cm³/mol. The van der Waals surface area contributed by atoms with E-state index in [1.54, 1.807) is 43.4 Å². The van der Waals surface area contributed by atoms with Gasteiger partial charge in [-0.1, -0.05) is 17.7 Å². The second-order valence-corrected chi connectivity index (χ2v) is 7.27. The van der Waals surface area contributed by atoms with Gasteiger partial charge in [-0.15, -0.1) is 0 Å². The van der Waals surface area contributed by atoms with Gasteiger partial charge >= 0.3 is 5.97 Å². The molecule has 0 aliphatic rings. The summed E-state index contributed by atoms with van der Waals surface area (Å²) >= 11 is 0. The average molecular weight is 435 g/mol. The third-order valence-corrected chi connectivity index (χ3v) is 4.98. The van der Waals surface area contributed by atoms with Crippen molar-refractivity contribution < 1.29 is 23.1 Å². The van der Waals surface area contributed by atoms with Crippen LogP contribution in [0.3, 0.4) is 0 Å². The predicted octanol–water partition coefficient (Wildman–Crippen LogP) is 5.30. The van der Waals surface area contributed by atoms with Crippen molar-refractivity contribution in [2.24, 2.45) is 0 Å². The third-order valence-electron chi connectivity index (χ3n) is 4.98. The van der Waals surface area contributed by atoms with Gasteiger partial charge in [0, 0.05) is 18.3 Å². The van der Waals surface area contributed by atoms with Gasteiger partial charge in [0.05, 0.1) is 16.6 Å². The fraction of sp³-hybridized carbons (Fsp3) is 0.125. The molecule has 0 atom stereocenters. The van der Waals surface area contributed by atoms with E-state index in [1.807, 2.05) is 19.1 Å². The van der Waals surface area contributed by atoms with Crippen LogP contribution in [0.25, 0.3) is 11.0 Å². The first-order valence-corrected chi connectivity index (χ1v) is 9.76. The highest BCUT2D eigenvalue weighted by atomic mass is 19.3. The van der Waals surface area contributed by atoms with Gasteiger partial charge in [0.1, 0.15) is 5.75 Å². The molecule has 1 aromatic heterocycles. The number of aromatic amines is 1. The topological polar surface area (TPSA) is 75.3 Å². The number of hydrogen-bond acceptors (Lipinski definition) is 4. The molecular formula is C24H19F2N3O3. The van der Waals surface area contributed by atoms with Crippen molar-refractivity contribution in [3.05, 3.63) is 89.2 Å². The number of aryl methyl sites for hydroxylation is 1. The first kappa shape index (κ1) is 21.2. The van der Waals surface area contributed by atoms with Gasteiger partial charge < -0.3 is 14.6 Å². The zero-order valence-corrected chi connectivity index (χ0v) is 17.3. The van der Waals surface area contributed by atoms with Crippen LogP contribution >= 0.6 is 0 Å². The summed E-state index contributed by atoms with van der Waals surface area (Å²) in [5.74, 6) is -0.971. The molecular weight excluding hydrogens is 416 g/mol. The van der Waals surface area contributed by atoms with E-state index in [0.717, 1.165) is 5.56 Å².